The molecular formula is C26H28N2O4. The summed E-state index contributed by atoms with van der Waals surface area (Å²) < 4.78 is 13.5. The minimum absolute atomic E-state index is 0.159. The zero-order valence-corrected chi connectivity index (χ0v) is 18.7. The number of piperidine rings is 1. The van der Waals surface area contributed by atoms with E-state index in [1.807, 2.05) is 36.0 Å². The van der Waals surface area contributed by atoms with Crippen LogP contribution in [0, 0.1) is 0 Å². The Kier molecular flexibility index (Phi) is 5.18. The number of aromatic hydroxyl groups is 1. The fourth-order valence-corrected chi connectivity index (χ4v) is 4.83. The molecule has 166 valence electrons. The van der Waals surface area contributed by atoms with Crippen molar-refractivity contribution in [1.29, 1.82) is 0 Å². The van der Waals surface area contributed by atoms with Crippen molar-refractivity contribution < 1.29 is 19.4 Å². The van der Waals surface area contributed by atoms with Gasteiger partial charge in [-0.15, -0.1) is 0 Å². The van der Waals surface area contributed by atoms with E-state index in [9.17, 15) is 9.90 Å². The van der Waals surface area contributed by atoms with Crippen molar-refractivity contribution in [1.82, 2.24) is 9.47 Å². The number of hydrogen-bond donors (Lipinski definition) is 1. The summed E-state index contributed by atoms with van der Waals surface area (Å²) in [5.41, 5.74) is 3.12. The predicted molar refractivity (Wildman–Crippen MR) is 124 cm³/mol. The third-order valence-corrected chi connectivity index (χ3v) is 6.73. The maximum atomic E-state index is 13.2. The van der Waals surface area contributed by atoms with Crippen molar-refractivity contribution in [3.8, 4) is 17.2 Å². The van der Waals surface area contributed by atoms with Gasteiger partial charge in [0.05, 0.1) is 18.2 Å². The number of likely N-dealkylation sites (tertiary alicyclic amines) is 1. The largest absolute Gasteiger partial charge is 0.507 e. The van der Waals surface area contributed by atoms with E-state index in [0.717, 1.165) is 41.6 Å². The lowest BCUT2D eigenvalue weighted by atomic mass is 10.0. The van der Waals surface area contributed by atoms with Crippen molar-refractivity contribution in [2.24, 2.45) is 7.05 Å². The van der Waals surface area contributed by atoms with E-state index in [1.54, 1.807) is 25.3 Å². The number of allylic oxidation sites excluding steroid dienone is 1. The molecule has 2 aromatic carbocycles. The number of rotatable bonds is 4. The van der Waals surface area contributed by atoms with E-state index in [4.69, 9.17) is 9.47 Å². The second-order valence-electron chi connectivity index (χ2n) is 8.77. The van der Waals surface area contributed by atoms with Crippen molar-refractivity contribution >= 4 is 22.8 Å². The maximum Gasteiger partial charge on any atom is 0.231 e. The number of Topliss-reactive ketones (excluding diaryl/α,β-unsaturated/α-hetero) is 1. The third-order valence-electron chi connectivity index (χ3n) is 6.73. The second-order valence-corrected chi connectivity index (χ2v) is 8.77. The molecule has 2 aliphatic rings. The monoisotopic (exact) mass is 432 g/mol. The van der Waals surface area contributed by atoms with Crippen molar-refractivity contribution in [2.75, 3.05) is 13.7 Å². The number of phenols is 1. The van der Waals surface area contributed by atoms with E-state index in [1.165, 1.54) is 6.42 Å². The minimum Gasteiger partial charge on any atom is -0.507 e. The Morgan fingerprint density at radius 3 is 2.88 bits per heavy atom. The number of benzene rings is 2. The first-order valence-corrected chi connectivity index (χ1v) is 11.1. The highest BCUT2D eigenvalue weighted by molar-refractivity contribution is 6.15. The molecule has 0 unspecified atom stereocenters. The molecule has 0 saturated carbocycles. The summed E-state index contributed by atoms with van der Waals surface area (Å²) >= 11 is 0. The van der Waals surface area contributed by atoms with Gasteiger partial charge < -0.3 is 19.1 Å². The smallest absolute Gasteiger partial charge is 0.231 e. The van der Waals surface area contributed by atoms with Gasteiger partial charge in [-0.25, -0.2) is 0 Å². The molecular weight excluding hydrogens is 404 g/mol. The summed E-state index contributed by atoms with van der Waals surface area (Å²) in [6.45, 7) is 3.77. The van der Waals surface area contributed by atoms with E-state index in [2.05, 4.69) is 11.8 Å². The molecule has 3 heterocycles. The van der Waals surface area contributed by atoms with Gasteiger partial charge in [0.25, 0.3) is 0 Å². The number of methoxy groups -OCH3 is 1. The number of fused-ring (bicyclic) bond motifs is 2. The number of ketones is 1. The Bertz CT molecular complexity index is 1240. The molecule has 1 N–H and O–H groups in total. The normalized spacial score (nSPS) is 20.0. The summed E-state index contributed by atoms with van der Waals surface area (Å²) in [6.07, 6.45) is 7.29. The molecule has 1 fully saturated rings. The Balaban J connectivity index is 1.52. The van der Waals surface area contributed by atoms with Crippen LogP contribution in [0.15, 0.2) is 42.3 Å². The van der Waals surface area contributed by atoms with Crippen LogP contribution in [0.2, 0.25) is 0 Å². The average molecular weight is 433 g/mol. The molecule has 32 heavy (non-hydrogen) atoms. The molecule has 1 atom stereocenters. The average Bonchev–Trinajstić information content (AvgIpc) is 3.28. The second kappa shape index (κ2) is 8.02. The number of aromatic nitrogens is 1. The van der Waals surface area contributed by atoms with Crippen LogP contribution in [0.25, 0.3) is 17.0 Å². The fraction of sp³-hybridized carbons (Fsp3) is 0.346. The predicted octanol–water partition coefficient (Wildman–Crippen LogP) is 4.88. The van der Waals surface area contributed by atoms with Gasteiger partial charge >= 0.3 is 0 Å². The Morgan fingerprint density at radius 2 is 2.09 bits per heavy atom. The van der Waals surface area contributed by atoms with Crippen LogP contribution < -0.4 is 9.47 Å². The Labute approximate surface area is 187 Å². The van der Waals surface area contributed by atoms with Gasteiger partial charge in [-0.1, -0.05) is 6.42 Å². The lowest BCUT2D eigenvalue weighted by Crippen LogP contribution is -2.36. The Hall–Kier alpha value is -3.25. The van der Waals surface area contributed by atoms with Crippen LogP contribution >= 0.6 is 0 Å². The number of carbonyl (C=O) groups excluding carboxylic acids is 1. The van der Waals surface area contributed by atoms with Gasteiger partial charge in [0, 0.05) is 42.3 Å². The summed E-state index contributed by atoms with van der Waals surface area (Å²) in [7, 11) is 3.61. The molecule has 6 heteroatoms. The van der Waals surface area contributed by atoms with Crippen molar-refractivity contribution in [2.45, 2.75) is 38.8 Å². The SMILES string of the molecule is COc1ccc2c(c1)c(/C=C1\Oc3c(ccc(O)c3CN3CCCC[C@H]3C)C1=O)cn2C. The molecule has 0 radical (unpaired) electrons. The molecule has 0 amide bonds. The van der Waals surface area contributed by atoms with Gasteiger partial charge in [0.2, 0.25) is 5.78 Å². The number of phenolic OH excluding ortho intramolecular Hbond substituents is 1. The molecule has 0 bridgehead atoms. The minimum atomic E-state index is -0.159. The molecule has 3 aromatic rings. The summed E-state index contributed by atoms with van der Waals surface area (Å²) in [5.74, 6) is 1.53. The summed E-state index contributed by atoms with van der Waals surface area (Å²) in [6, 6.07) is 9.58. The van der Waals surface area contributed by atoms with Crippen LogP contribution in [0.3, 0.4) is 0 Å². The summed E-state index contributed by atoms with van der Waals surface area (Å²) in [5, 5.41) is 11.6. The van der Waals surface area contributed by atoms with Gasteiger partial charge in [-0.05, 0) is 62.7 Å². The molecule has 1 saturated heterocycles. The topological polar surface area (TPSA) is 63.9 Å². The number of ether oxygens (including phenoxy) is 2. The molecule has 1 aromatic heterocycles. The summed E-state index contributed by atoms with van der Waals surface area (Å²) in [4.78, 5) is 15.5. The molecule has 6 nitrogen and oxygen atoms in total. The number of aryl methyl sites for hydroxylation is 1. The van der Waals surface area contributed by atoms with Gasteiger partial charge in [-0.2, -0.15) is 0 Å². The first-order valence-electron chi connectivity index (χ1n) is 11.1. The highest BCUT2D eigenvalue weighted by Gasteiger charge is 2.32. The Morgan fingerprint density at radius 1 is 1.25 bits per heavy atom. The van der Waals surface area contributed by atoms with Crippen LogP contribution in [0.4, 0.5) is 0 Å². The zero-order valence-electron chi connectivity index (χ0n) is 18.7. The van der Waals surface area contributed by atoms with Crippen LogP contribution in [-0.4, -0.2) is 40.1 Å². The highest BCUT2D eigenvalue weighted by atomic mass is 16.5. The standard InChI is InChI=1S/C26H28N2O4/c1-16-6-4-5-11-28(16)15-21-23(29)10-8-19-25(30)24(32-26(19)21)12-17-14-27(2)22-9-7-18(31-3)13-20(17)22/h7-10,12-14,16,29H,4-6,11,15H2,1-3H3/b24-12-/t16-/m1/s1. The lowest BCUT2D eigenvalue weighted by molar-refractivity contribution is 0.101. The van der Waals surface area contributed by atoms with Crippen LogP contribution in [0.5, 0.6) is 17.2 Å². The molecule has 5 rings (SSSR count). The van der Waals surface area contributed by atoms with E-state index in [-0.39, 0.29) is 17.3 Å². The van der Waals surface area contributed by atoms with Gasteiger partial charge in [0.15, 0.2) is 5.76 Å². The maximum absolute atomic E-state index is 13.2. The van der Waals surface area contributed by atoms with Crippen molar-refractivity contribution in [3.05, 3.63) is 59.0 Å². The quantitative estimate of drug-likeness (QED) is 0.595. The molecule has 2 aliphatic heterocycles. The van der Waals surface area contributed by atoms with E-state index < -0.39 is 0 Å². The number of carbonyl (C=O) groups is 1. The number of hydrogen-bond acceptors (Lipinski definition) is 5. The zero-order chi connectivity index (χ0) is 22.4. The van der Waals surface area contributed by atoms with Crippen molar-refractivity contribution in [3.63, 3.8) is 0 Å². The molecule has 0 spiro atoms. The van der Waals surface area contributed by atoms with Gasteiger partial charge in [0.1, 0.15) is 17.2 Å². The van der Waals surface area contributed by atoms with E-state index in [0.29, 0.717) is 29.5 Å². The van der Waals surface area contributed by atoms with Crippen LogP contribution in [0.1, 0.15) is 47.7 Å². The first-order chi connectivity index (χ1) is 15.5. The first kappa shape index (κ1) is 20.6. The number of nitrogens with zero attached hydrogens (tertiary/aromatic N) is 2. The fourth-order valence-electron chi connectivity index (χ4n) is 4.83. The van der Waals surface area contributed by atoms with Gasteiger partial charge in [-0.3, -0.25) is 9.69 Å². The highest BCUT2D eigenvalue weighted by Crippen LogP contribution is 2.41. The lowest BCUT2D eigenvalue weighted by Gasteiger charge is -2.33. The van der Waals surface area contributed by atoms with Crippen LogP contribution in [-0.2, 0) is 13.6 Å². The molecule has 0 aliphatic carbocycles. The third kappa shape index (κ3) is 3.45. The van der Waals surface area contributed by atoms with E-state index >= 15 is 0 Å².